The lowest BCUT2D eigenvalue weighted by molar-refractivity contribution is -0.125. The van der Waals surface area contributed by atoms with Crippen molar-refractivity contribution in [1.29, 1.82) is 0 Å². The molecule has 1 aromatic rings. The van der Waals surface area contributed by atoms with Gasteiger partial charge in [0.25, 0.3) is 5.91 Å². The predicted molar refractivity (Wildman–Crippen MR) is 115 cm³/mol. The zero-order valence-electron chi connectivity index (χ0n) is 17.7. The van der Waals surface area contributed by atoms with Crippen LogP contribution in [0.5, 0.6) is 0 Å². The van der Waals surface area contributed by atoms with E-state index in [2.05, 4.69) is 15.1 Å². The lowest BCUT2D eigenvalue weighted by Gasteiger charge is -2.36. The van der Waals surface area contributed by atoms with Gasteiger partial charge in [-0.15, -0.1) is 0 Å². The molecule has 3 N–H and O–H groups in total. The van der Waals surface area contributed by atoms with Gasteiger partial charge in [0.05, 0.1) is 5.56 Å². The summed E-state index contributed by atoms with van der Waals surface area (Å²) in [5.74, 6) is -0.784. The minimum atomic E-state index is -0.796. The van der Waals surface area contributed by atoms with Crippen molar-refractivity contribution in [3.63, 3.8) is 0 Å². The quantitative estimate of drug-likeness (QED) is 0.504. The van der Waals surface area contributed by atoms with Gasteiger partial charge < -0.3 is 25.6 Å². The molecule has 0 spiro atoms. The summed E-state index contributed by atoms with van der Waals surface area (Å²) in [6, 6.07) is 4.38. The number of carbonyl (C=O) groups is 4. The smallest absolute Gasteiger partial charge is 0.255 e. The van der Waals surface area contributed by atoms with Gasteiger partial charge in [-0.25, -0.2) is 0 Å². The molecule has 1 aromatic carbocycles. The Kier molecular flexibility index (Phi) is 8.94. The maximum absolute atomic E-state index is 13.2. The summed E-state index contributed by atoms with van der Waals surface area (Å²) in [6.07, 6.45) is 1.73. The van der Waals surface area contributed by atoms with E-state index >= 15 is 0 Å². The Morgan fingerprint density at radius 1 is 1.23 bits per heavy atom. The van der Waals surface area contributed by atoms with Crippen LogP contribution >= 0.6 is 0 Å². The molecule has 1 aliphatic heterocycles. The van der Waals surface area contributed by atoms with E-state index in [4.69, 9.17) is 5.73 Å². The monoisotopic (exact) mass is 417 g/mol. The van der Waals surface area contributed by atoms with E-state index in [1.807, 2.05) is 6.07 Å². The van der Waals surface area contributed by atoms with Crippen LogP contribution in [-0.4, -0.2) is 93.6 Å². The van der Waals surface area contributed by atoms with Gasteiger partial charge in [-0.1, -0.05) is 0 Å². The topological polar surface area (TPSA) is 116 Å². The van der Waals surface area contributed by atoms with Gasteiger partial charge in [-0.2, -0.15) is 0 Å². The van der Waals surface area contributed by atoms with E-state index in [1.54, 1.807) is 12.1 Å². The number of likely N-dealkylation sites (N-methyl/N-ethyl adjacent to an activating group) is 2. The lowest BCUT2D eigenvalue weighted by Crippen LogP contribution is -2.48. The minimum Gasteiger partial charge on any atom is -0.369 e. The lowest BCUT2D eigenvalue weighted by atomic mass is 10.0. The first kappa shape index (κ1) is 23.5. The van der Waals surface area contributed by atoms with Crippen LogP contribution in [0.2, 0.25) is 0 Å². The first-order chi connectivity index (χ1) is 14.5. The Hall–Kier alpha value is -2.78. The van der Waals surface area contributed by atoms with Gasteiger partial charge >= 0.3 is 0 Å². The zero-order chi connectivity index (χ0) is 22.1. The van der Waals surface area contributed by atoms with Crippen LogP contribution in [0, 0.1) is 0 Å². The highest BCUT2D eigenvalue weighted by molar-refractivity contribution is 6.04. The van der Waals surface area contributed by atoms with Crippen LogP contribution in [0.1, 0.15) is 33.6 Å². The number of piperazine rings is 1. The number of rotatable bonds is 10. The minimum absolute atomic E-state index is 0.156. The summed E-state index contributed by atoms with van der Waals surface area (Å²) in [6.45, 7) is 4.82. The molecule has 1 atom stereocenters. The molecule has 2 rings (SSSR count). The standard InChI is InChI=1S/C21H31N5O4/c1-23-20(29)19(4-3-13-27)24(2)21(30)18-14-17(6-5-16(18)15-28)26-11-9-25(8-7-22)10-12-26/h5-6,13-15,19H,3-4,7-12,22H2,1-2H3,(H,23,29). The fourth-order valence-corrected chi connectivity index (χ4v) is 3.67. The average Bonchev–Trinajstić information content (AvgIpc) is 2.78. The van der Waals surface area contributed by atoms with Crippen LogP contribution < -0.4 is 16.0 Å². The van der Waals surface area contributed by atoms with Gasteiger partial charge in [-0.3, -0.25) is 19.3 Å². The van der Waals surface area contributed by atoms with Crippen LogP contribution in [0.4, 0.5) is 5.69 Å². The molecule has 2 amide bonds. The van der Waals surface area contributed by atoms with Crippen molar-refractivity contribution in [1.82, 2.24) is 15.1 Å². The molecule has 0 aliphatic carbocycles. The number of anilines is 1. The van der Waals surface area contributed by atoms with Gasteiger partial charge in [0, 0.05) is 71.0 Å². The number of amides is 2. The Morgan fingerprint density at radius 2 is 1.93 bits per heavy atom. The van der Waals surface area contributed by atoms with Crippen molar-refractivity contribution in [2.24, 2.45) is 5.73 Å². The number of nitrogens with one attached hydrogen (secondary N) is 1. The van der Waals surface area contributed by atoms with Gasteiger partial charge in [0.1, 0.15) is 12.3 Å². The molecule has 164 valence electrons. The largest absolute Gasteiger partial charge is 0.369 e. The van der Waals surface area contributed by atoms with Crippen molar-refractivity contribution in [2.45, 2.75) is 18.9 Å². The second-order valence-electron chi connectivity index (χ2n) is 7.30. The Morgan fingerprint density at radius 3 is 2.50 bits per heavy atom. The summed E-state index contributed by atoms with van der Waals surface area (Å²) in [7, 11) is 3.00. The van der Waals surface area contributed by atoms with E-state index in [0.29, 0.717) is 12.8 Å². The van der Waals surface area contributed by atoms with E-state index < -0.39 is 11.9 Å². The van der Waals surface area contributed by atoms with Crippen LogP contribution in [0.15, 0.2) is 18.2 Å². The summed E-state index contributed by atoms with van der Waals surface area (Å²) in [5.41, 5.74) is 6.99. The maximum Gasteiger partial charge on any atom is 0.255 e. The number of carbonyl (C=O) groups excluding carboxylic acids is 4. The summed E-state index contributed by atoms with van der Waals surface area (Å²) in [5, 5.41) is 2.53. The van der Waals surface area contributed by atoms with Crippen LogP contribution in [0.3, 0.4) is 0 Å². The normalized spacial score (nSPS) is 15.4. The van der Waals surface area contributed by atoms with Gasteiger partial charge in [0.15, 0.2) is 6.29 Å². The van der Waals surface area contributed by atoms with E-state index in [-0.39, 0.29) is 29.9 Å². The highest BCUT2D eigenvalue weighted by Crippen LogP contribution is 2.22. The van der Waals surface area contributed by atoms with Crippen molar-refractivity contribution in [2.75, 3.05) is 58.3 Å². The Balaban J connectivity index is 2.25. The Labute approximate surface area is 177 Å². The molecule has 0 saturated carbocycles. The van der Waals surface area contributed by atoms with E-state index in [1.165, 1.54) is 19.0 Å². The fraction of sp³-hybridized carbons (Fsp3) is 0.524. The van der Waals surface area contributed by atoms with Gasteiger partial charge in [0.2, 0.25) is 5.91 Å². The molecule has 0 bridgehead atoms. The Bertz CT molecular complexity index is 762. The SMILES string of the molecule is CNC(=O)C(CCC=O)N(C)C(=O)c1cc(N2CCN(CCN)CC2)ccc1C=O. The molecule has 0 radical (unpaired) electrons. The van der Waals surface area contributed by atoms with Crippen LogP contribution in [0.25, 0.3) is 0 Å². The molecule has 9 nitrogen and oxygen atoms in total. The second-order valence-corrected chi connectivity index (χ2v) is 7.30. The van der Waals surface area contributed by atoms with E-state index in [9.17, 15) is 19.2 Å². The van der Waals surface area contributed by atoms with Crippen molar-refractivity contribution in [3.8, 4) is 0 Å². The summed E-state index contributed by atoms with van der Waals surface area (Å²) in [4.78, 5) is 53.5. The third-order valence-electron chi connectivity index (χ3n) is 5.47. The second kappa shape index (κ2) is 11.4. The van der Waals surface area contributed by atoms with Crippen molar-refractivity contribution in [3.05, 3.63) is 29.3 Å². The molecule has 1 saturated heterocycles. The highest BCUT2D eigenvalue weighted by Gasteiger charge is 2.28. The third-order valence-corrected chi connectivity index (χ3v) is 5.47. The number of aldehydes is 2. The molecule has 1 unspecified atom stereocenters. The number of nitrogens with zero attached hydrogens (tertiary/aromatic N) is 3. The summed E-state index contributed by atoms with van der Waals surface area (Å²) < 4.78 is 0. The predicted octanol–water partition coefficient (Wildman–Crippen LogP) is -0.254. The van der Waals surface area contributed by atoms with Crippen molar-refractivity contribution >= 4 is 30.1 Å². The fourth-order valence-electron chi connectivity index (χ4n) is 3.67. The van der Waals surface area contributed by atoms with E-state index in [0.717, 1.165) is 44.7 Å². The van der Waals surface area contributed by atoms with Crippen LogP contribution in [-0.2, 0) is 9.59 Å². The number of nitrogens with two attached hydrogens (primary N) is 1. The molecular weight excluding hydrogens is 386 g/mol. The number of hydrogen-bond donors (Lipinski definition) is 2. The maximum atomic E-state index is 13.2. The number of hydrogen-bond acceptors (Lipinski definition) is 7. The first-order valence-electron chi connectivity index (χ1n) is 10.2. The molecule has 0 aromatic heterocycles. The molecule has 1 heterocycles. The number of benzene rings is 1. The highest BCUT2D eigenvalue weighted by atomic mass is 16.2. The summed E-state index contributed by atoms with van der Waals surface area (Å²) >= 11 is 0. The molecule has 9 heteroatoms. The first-order valence-corrected chi connectivity index (χ1v) is 10.2. The van der Waals surface area contributed by atoms with Crippen molar-refractivity contribution < 1.29 is 19.2 Å². The molecule has 1 fully saturated rings. The third kappa shape index (κ3) is 5.64. The molecular formula is C21H31N5O4. The zero-order valence-corrected chi connectivity index (χ0v) is 17.7. The van der Waals surface area contributed by atoms with Gasteiger partial charge in [-0.05, 0) is 24.6 Å². The molecule has 1 aliphatic rings. The average molecular weight is 418 g/mol. The molecule has 30 heavy (non-hydrogen) atoms.